The number of nitrogens with two attached hydrogens (primary N) is 1. The van der Waals surface area contributed by atoms with Crippen LogP contribution in [-0.4, -0.2) is 27.3 Å². The first kappa shape index (κ1) is 18.0. The fourth-order valence-electron chi connectivity index (χ4n) is 3.50. The molecule has 28 heavy (non-hydrogen) atoms. The van der Waals surface area contributed by atoms with Crippen LogP contribution in [0.4, 0.5) is 5.82 Å². The third-order valence-corrected chi connectivity index (χ3v) is 5.16. The zero-order valence-electron chi connectivity index (χ0n) is 14.9. The maximum Gasteiger partial charge on any atom is 0.255 e. The Morgan fingerprint density at radius 1 is 1.25 bits per heavy atom. The number of hydrogen-bond acceptors (Lipinski definition) is 5. The van der Waals surface area contributed by atoms with Gasteiger partial charge in [0.05, 0.1) is 11.3 Å². The molecule has 1 aliphatic rings. The summed E-state index contributed by atoms with van der Waals surface area (Å²) in [4.78, 5) is 23.1. The molecule has 0 unspecified atom stereocenters. The Balaban J connectivity index is 1.84. The minimum atomic E-state index is -0.112. The van der Waals surface area contributed by atoms with Crippen LogP contribution in [0, 0.1) is 11.3 Å². The molecule has 7 heteroatoms. The van der Waals surface area contributed by atoms with Crippen molar-refractivity contribution in [1.29, 1.82) is 5.26 Å². The highest BCUT2D eigenvalue weighted by atomic mass is 35.5. The zero-order chi connectivity index (χ0) is 19.7. The first-order valence-electron chi connectivity index (χ1n) is 8.75. The lowest BCUT2D eigenvalue weighted by Gasteiger charge is -2.30. The van der Waals surface area contributed by atoms with Gasteiger partial charge in [0.15, 0.2) is 0 Å². The molecule has 1 amide bonds. The number of nitrogen functional groups attached to an aromatic ring is 1. The van der Waals surface area contributed by atoms with Crippen LogP contribution >= 0.6 is 11.6 Å². The van der Waals surface area contributed by atoms with Crippen LogP contribution < -0.4 is 5.73 Å². The fourth-order valence-corrected chi connectivity index (χ4v) is 3.73. The quantitative estimate of drug-likeness (QED) is 0.724. The number of carbonyl (C=O) groups excluding carboxylic acids is 1. The monoisotopic (exact) mass is 389 g/mol. The van der Waals surface area contributed by atoms with Gasteiger partial charge in [-0.05, 0) is 18.2 Å². The summed E-state index contributed by atoms with van der Waals surface area (Å²) in [6.07, 6.45) is 3.73. The van der Waals surface area contributed by atoms with Gasteiger partial charge in [-0.15, -0.1) is 0 Å². The molecule has 0 saturated carbocycles. The molecule has 3 heterocycles. The summed E-state index contributed by atoms with van der Waals surface area (Å²) in [5.74, 6) is 0.0717. The summed E-state index contributed by atoms with van der Waals surface area (Å²) < 4.78 is 0. The lowest BCUT2D eigenvalue weighted by molar-refractivity contribution is 0.0733. The van der Waals surface area contributed by atoms with E-state index in [4.69, 9.17) is 17.3 Å². The second-order valence-electron chi connectivity index (χ2n) is 6.48. The van der Waals surface area contributed by atoms with Gasteiger partial charge in [-0.2, -0.15) is 5.26 Å². The number of hydrogen-bond donors (Lipinski definition) is 1. The smallest absolute Gasteiger partial charge is 0.255 e. The van der Waals surface area contributed by atoms with E-state index in [2.05, 4.69) is 16.0 Å². The van der Waals surface area contributed by atoms with Crippen molar-refractivity contribution in [3.8, 4) is 17.2 Å². The Morgan fingerprint density at radius 3 is 2.79 bits per heavy atom. The molecule has 0 saturated heterocycles. The largest absolute Gasteiger partial charge is 0.383 e. The van der Waals surface area contributed by atoms with E-state index in [1.54, 1.807) is 35.5 Å². The Morgan fingerprint density at radius 2 is 2.07 bits per heavy atom. The van der Waals surface area contributed by atoms with Crippen molar-refractivity contribution < 1.29 is 4.79 Å². The minimum Gasteiger partial charge on any atom is -0.383 e. The van der Waals surface area contributed by atoms with Crippen molar-refractivity contribution in [2.75, 3.05) is 12.3 Å². The lowest BCUT2D eigenvalue weighted by Crippen LogP contribution is -2.37. The van der Waals surface area contributed by atoms with E-state index in [-0.39, 0.29) is 17.3 Å². The van der Waals surface area contributed by atoms with Crippen molar-refractivity contribution >= 4 is 23.3 Å². The number of benzene rings is 1. The molecule has 2 aromatic heterocycles. The van der Waals surface area contributed by atoms with E-state index < -0.39 is 0 Å². The Bertz CT molecular complexity index is 1110. The summed E-state index contributed by atoms with van der Waals surface area (Å²) in [5, 5.41) is 10.2. The van der Waals surface area contributed by atoms with E-state index in [1.807, 2.05) is 18.2 Å². The normalized spacial score (nSPS) is 12.9. The Kier molecular flexibility index (Phi) is 4.68. The van der Waals surface area contributed by atoms with E-state index >= 15 is 0 Å². The van der Waals surface area contributed by atoms with Crippen LogP contribution in [0.15, 0.2) is 48.8 Å². The van der Waals surface area contributed by atoms with Crippen molar-refractivity contribution in [2.45, 2.75) is 13.0 Å². The molecule has 0 spiro atoms. The molecule has 6 nitrogen and oxygen atoms in total. The molecule has 138 valence electrons. The predicted molar refractivity (Wildman–Crippen MR) is 106 cm³/mol. The first-order chi connectivity index (χ1) is 13.6. The summed E-state index contributed by atoms with van der Waals surface area (Å²) in [5.41, 5.74) is 9.83. The van der Waals surface area contributed by atoms with Crippen molar-refractivity contribution in [3.63, 3.8) is 0 Å². The second kappa shape index (κ2) is 7.29. The van der Waals surface area contributed by atoms with Gasteiger partial charge in [0.25, 0.3) is 5.91 Å². The van der Waals surface area contributed by atoms with Crippen molar-refractivity contribution in [3.05, 3.63) is 76.2 Å². The van der Waals surface area contributed by atoms with Gasteiger partial charge in [0.1, 0.15) is 17.5 Å². The predicted octanol–water partition coefficient (Wildman–Crippen LogP) is 3.45. The number of carbonyl (C=O) groups is 1. The lowest BCUT2D eigenvalue weighted by atomic mass is 9.91. The number of fused-ring (bicyclic) bond motifs is 1. The second-order valence-corrected chi connectivity index (χ2v) is 6.89. The maximum atomic E-state index is 12.9. The van der Waals surface area contributed by atoms with Crippen molar-refractivity contribution in [1.82, 2.24) is 14.9 Å². The Hall–Kier alpha value is -3.43. The number of pyridine rings is 2. The number of nitrogens with zero attached hydrogens (tertiary/aromatic N) is 4. The Labute approximate surface area is 167 Å². The highest BCUT2D eigenvalue weighted by molar-refractivity contribution is 6.33. The molecule has 4 rings (SSSR count). The van der Waals surface area contributed by atoms with E-state index in [0.29, 0.717) is 41.2 Å². The van der Waals surface area contributed by atoms with Gasteiger partial charge >= 0.3 is 0 Å². The molecule has 0 aliphatic carbocycles. The van der Waals surface area contributed by atoms with Crippen LogP contribution in [0.3, 0.4) is 0 Å². The minimum absolute atomic E-state index is 0.112. The standard InChI is InChI=1S/C21H16ClN5O/c22-17-6-2-1-5-14(17)19-15(10-23)20(24)26-18-7-9-27(12-16(18)19)21(28)13-4-3-8-25-11-13/h1-6,8,11H,7,9,12H2,(H2,24,26). The van der Waals surface area contributed by atoms with Crippen LogP contribution in [0.2, 0.25) is 5.02 Å². The maximum absolute atomic E-state index is 12.9. The topological polar surface area (TPSA) is 95.9 Å². The van der Waals surface area contributed by atoms with Crippen LogP contribution in [-0.2, 0) is 13.0 Å². The molecule has 0 bridgehead atoms. The first-order valence-corrected chi connectivity index (χ1v) is 9.13. The molecule has 1 aliphatic heterocycles. The third kappa shape index (κ3) is 3.06. The fraction of sp³-hybridized carbons (Fsp3) is 0.143. The van der Waals surface area contributed by atoms with E-state index in [9.17, 15) is 10.1 Å². The van der Waals surface area contributed by atoms with Gasteiger partial charge < -0.3 is 10.6 Å². The third-order valence-electron chi connectivity index (χ3n) is 4.83. The summed E-state index contributed by atoms with van der Waals surface area (Å²) in [7, 11) is 0. The van der Waals surface area contributed by atoms with Gasteiger partial charge in [0.2, 0.25) is 0 Å². The summed E-state index contributed by atoms with van der Waals surface area (Å²) in [6, 6.07) is 12.9. The number of nitriles is 1. The average molecular weight is 390 g/mol. The van der Waals surface area contributed by atoms with Crippen LogP contribution in [0.1, 0.15) is 27.2 Å². The average Bonchev–Trinajstić information content (AvgIpc) is 2.73. The number of aromatic nitrogens is 2. The molecular formula is C21H16ClN5O. The number of amides is 1. The van der Waals surface area contributed by atoms with E-state index in [1.165, 1.54) is 0 Å². The highest BCUT2D eigenvalue weighted by Crippen LogP contribution is 2.38. The molecule has 0 atom stereocenters. The highest BCUT2D eigenvalue weighted by Gasteiger charge is 2.28. The SMILES string of the molecule is N#Cc1c(N)nc2c(c1-c1ccccc1Cl)CN(C(=O)c1cccnc1)CC2. The van der Waals surface area contributed by atoms with Gasteiger partial charge in [0, 0.05) is 53.6 Å². The van der Waals surface area contributed by atoms with Crippen LogP contribution in [0.5, 0.6) is 0 Å². The molecule has 2 N–H and O–H groups in total. The summed E-state index contributed by atoms with van der Waals surface area (Å²) in [6.45, 7) is 0.840. The summed E-state index contributed by atoms with van der Waals surface area (Å²) >= 11 is 6.42. The number of anilines is 1. The number of rotatable bonds is 2. The molecule has 0 radical (unpaired) electrons. The number of halogens is 1. The molecular weight excluding hydrogens is 374 g/mol. The molecule has 1 aromatic carbocycles. The zero-order valence-corrected chi connectivity index (χ0v) is 15.6. The molecule has 0 fully saturated rings. The van der Waals surface area contributed by atoms with Crippen LogP contribution in [0.25, 0.3) is 11.1 Å². The molecule has 3 aromatic rings. The van der Waals surface area contributed by atoms with Gasteiger partial charge in [-0.3, -0.25) is 9.78 Å². The van der Waals surface area contributed by atoms with Gasteiger partial charge in [-0.25, -0.2) is 4.98 Å². The van der Waals surface area contributed by atoms with E-state index in [0.717, 1.165) is 11.3 Å². The van der Waals surface area contributed by atoms with Crippen molar-refractivity contribution in [2.24, 2.45) is 0 Å². The van der Waals surface area contributed by atoms with Gasteiger partial charge in [-0.1, -0.05) is 29.8 Å².